The van der Waals surface area contributed by atoms with E-state index < -0.39 is 35.8 Å². The third kappa shape index (κ3) is 5.22. The second-order valence-electron chi connectivity index (χ2n) is 5.08. The molecule has 0 aliphatic carbocycles. The smallest absolute Gasteiger partial charge is 0.419 e. The van der Waals surface area contributed by atoms with E-state index in [2.05, 4.69) is 5.32 Å². The highest BCUT2D eigenvalue weighted by atomic mass is 19.4. The number of alkyl halides is 3. The fourth-order valence-electron chi connectivity index (χ4n) is 1.75. The normalized spacial score (nSPS) is 12.3. The van der Waals surface area contributed by atoms with E-state index in [0.717, 1.165) is 18.2 Å². The Morgan fingerprint density at radius 3 is 2.48 bits per heavy atom. The van der Waals surface area contributed by atoms with Crippen molar-refractivity contribution in [3.8, 4) is 0 Å². The molecule has 4 nitrogen and oxygen atoms in total. The van der Waals surface area contributed by atoms with E-state index in [1.807, 2.05) is 0 Å². The van der Waals surface area contributed by atoms with Crippen molar-refractivity contribution in [2.24, 2.45) is 0 Å². The van der Waals surface area contributed by atoms with E-state index >= 15 is 0 Å². The molecule has 21 heavy (non-hydrogen) atoms. The predicted octanol–water partition coefficient (Wildman–Crippen LogP) is 3.41. The molecule has 0 saturated heterocycles. The number of rotatable bonds is 5. The molecule has 0 fully saturated rings. The molecular formula is C13H15F4NO3. The molecule has 1 amide bonds. The van der Waals surface area contributed by atoms with Crippen LogP contribution < -0.4 is 5.32 Å². The van der Waals surface area contributed by atoms with Crippen molar-refractivity contribution >= 4 is 6.09 Å². The number of halogens is 4. The lowest BCUT2D eigenvalue weighted by Crippen LogP contribution is -2.46. The van der Waals surface area contributed by atoms with Gasteiger partial charge in [-0.25, -0.2) is 9.18 Å². The quantitative estimate of drug-likeness (QED) is 0.820. The maximum Gasteiger partial charge on any atom is 0.419 e. The highest BCUT2D eigenvalue weighted by molar-refractivity contribution is 5.65. The number of benzene rings is 1. The Morgan fingerprint density at radius 2 is 1.95 bits per heavy atom. The van der Waals surface area contributed by atoms with Gasteiger partial charge in [0.1, 0.15) is 5.82 Å². The van der Waals surface area contributed by atoms with Crippen molar-refractivity contribution < 1.29 is 32.2 Å². The van der Waals surface area contributed by atoms with Gasteiger partial charge in [0, 0.05) is 0 Å². The topological polar surface area (TPSA) is 58.6 Å². The first kappa shape index (κ1) is 17.2. The summed E-state index contributed by atoms with van der Waals surface area (Å²) in [6.07, 6.45) is -6.09. The van der Waals surface area contributed by atoms with Crippen molar-refractivity contribution in [2.45, 2.75) is 32.2 Å². The summed E-state index contributed by atoms with van der Waals surface area (Å²) < 4.78 is 56.7. The first-order valence-corrected chi connectivity index (χ1v) is 5.96. The molecule has 1 aromatic rings. The number of carboxylic acid groups (broad SMARTS) is 1. The summed E-state index contributed by atoms with van der Waals surface area (Å²) in [6, 6.07) is 3.00. The highest BCUT2D eigenvalue weighted by Gasteiger charge is 2.36. The number of amides is 1. The molecule has 0 bridgehead atoms. The van der Waals surface area contributed by atoms with Gasteiger partial charge in [-0.15, -0.1) is 0 Å². The minimum absolute atomic E-state index is 0.160. The van der Waals surface area contributed by atoms with Crippen molar-refractivity contribution in [3.05, 3.63) is 35.1 Å². The van der Waals surface area contributed by atoms with Gasteiger partial charge in [0.15, 0.2) is 0 Å². The molecular weight excluding hydrogens is 294 g/mol. The zero-order chi connectivity index (χ0) is 16.3. The van der Waals surface area contributed by atoms with Crippen molar-refractivity contribution in [3.63, 3.8) is 0 Å². The Morgan fingerprint density at radius 1 is 1.33 bits per heavy atom. The van der Waals surface area contributed by atoms with Crippen LogP contribution in [0.2, 0.25) is 0 Å². The van der Waals surface area contributed by atoms with Crippen LogP contribution in [0.4, 0.5) is 22.4 Å². The Bertz CT molecular complexity index is 515. The van der Waals surface area contributed by atoms with Crippen LogP contribution in [0.25, 0.3) is 0 Å². The Kier molecular flexibility index (Phi) is 5.16. The van der Waals surface area contributed by atoms with Gasteiger partial charge in [-0.3, -0.25) is 0 Å². The van der Waals surface area contributed by atoms with Crippen LogP contribution in [-0.4, -0.2) is 23.3 Å². The second-order valence-corrected chi connectivity index (χ2v) is 5.08. The molecule has 0 spiro atoms. The van der Waals surface area contributed by atoms with Crippen molar-refractivity contribution in [2.75, 3.05) is 6.61 Å². The monoisotopic (exact) mass is 309 g/mol. The molecule has 1 rings (SSSR count). The molecule has 0 aliphatic rings. The fraction of sp³-hybridized carbons (Fsp3) is 0.462. The van der Waals surface area contributed by atoms with Gasteiger partial charge < -0.3 is 15.2 Å². The van der Waals surface area contributed by atoms with Crippen LogP contribution in [0.3, 0.4) is 0 Å². The van der Waals surface area contributed by atoms with Gasteiger partial charge in [0.2, 0.25) is 0 Å². The van der Waals surface area contributed by atoms with Gasteiger partial charge in [0.25, 0.3) is 0 Å². The van der Waals surface area contributed by atoms with E-state index in [1.54, 1.807) is 0 Å². The lowest BCUT2D eigenvalue weighted by Gasteiger charge is -2.24. The minimum atomic E-state index is -4.82. The summed E-state index contributed by atoms with van der Waals surface area (Å²) in [5, 5.41) is 10.7. The maximum atomic E-state index is 13.3. The molecule has 0 unspecified atom stereocenters. The van der Waals surface area contributed by atoms with E-state index in [4.69, 9.17) is 9.84 Å². The third-order valence-corrected chi connectivity index (χ3v) is 2.55. The standard InChI is InChI=1S/C13H15F4NO3/c1-12(2,18-11(19)20)7-21-6-8-4-3-5-9(14)10(8)13(15,16)17/h3-5,18H,6-7H2,1-2H3,(H,19,20). The number of hydrogen-bond acceptors (Lipinski definition) is 2. The molecule has 0 heterocycles. The van der Waals surface area contributed by atoms with E-state index in [1.165, 1.54) is 13.8 Å². The highest BCUT2D eigenvalue weighted by Crippen LogP contribution is 2.34. The van der Waals surface area contributed by atoms with Gasteiger partial charge in [-0.05, 0) is 25.5 Å². The number of carbonyl (C=O) groups is 1. The minimum Gasteiger partial charge on any atom is -0.465 e. The van der Waals surface area contributed by atoms with Crippen LogP contribution in [0.15, 0.2) is 18.2 Å². The molecule has 0 aliphatic heterocycles. The number of nitrogens with one attached hydrogen (secondary N) is 1. The first-order chi connectivity index (χ1) is 9.53. The van der Waals surface area contributed by atoms with Gasteiger partial charge in [0.05, 0.1) is 24.3 Å². The summed E-state index contributed by atoms with van der Waals surface area (Å²) in [6.45, 7) is 2.39. The number of ether oxygens (including phenoxy) is 1. The molecule has 0 atom stereocenters. The zero-order valence-corrected chi connectivity index (χ0v) is 11.4. The van der Waals surface area contributed by atoms with Gasteiger partial charge in [-0.2, -0.15) is 13.2 Å². The van der Waals surface area contributed by atoms with Crippen molar-refractivity contribution in [1.29, 1.82) is 0 Å². The Hall–Kier alpha value is -1.83. The van der Waals surface area contributed by atoms with Crippen LogP contribution in [0.1, 0.15) is 25.0 Å². The molecule has 118 valence electrons. The molecule has 8 heteroatoms. The Balaban J connectivity index is 2.77. The van der Waals surface area contributed by atoms with Crippen LogP contribution in [0.5, 0.6) is 0 Å². The van der Waals surface area contributed by atoms with Crippen LogP contribution in [-0.2, 0) is 17.5 Å². The average Bonchev–Trinajstić information content (AvgIpc) is 2.24. The van der Waals surface area contributed by atoms with Gasteiger partial charge in [-0.1, -0.05) is 12.1 Å². The fourth-order valence-corrected chi connectivity index (χ4v) is 1.75. The van der Waals surface area contributed by atoms with Crippen LogP contribution in [0, 0.1) is 5.82 Å². The van der Waals surface area contributed by atoms with Gasteiger partial charge >= 0.3 is 12.3 Å². The Labute approximate surface area is 118 Å². The second kappa shape index (κ2) is 6.30. The molecule has 1 aromatic carbocycles. The lowest BCUT2D eigenvalue weighted by atomic mass is 10.1. The molecule has 2 N–H and O–H groups in total. The zero-order valence-electron chi connectivity index (χ0n) is 11.4. The van der Waals surface area contributed by atoms with Crippen LogP contribution >= 0.6 is 0 Å². The summed E-state index contributed by atoms with van der Waals surface area (Å²) in [5.41, 5.74) is -2.68. The summed E-state index contributed by atoms with van der Waals surface area (Å²) >= 11 is 0. The number of hydrogen-bond donors (Lipinski definition) is 2. The molecule has 0 radical (unpaired) electrons. The average molecular weight is 309 g/mol. The molecule has 0 saturated carbocycles. The van der Waals surface area contributed by atoms with Crippen molar-refractivity contribution in [1.82, 2.24) is 5.32 Å². The van der Waals surface area contributed by atoms with E-state index in [0.29, 0.717) is 0 Å². The lowest BCUT2D eigenvalue weighted by molar-refractivity contribution is -0.141. The molecule has 0 aromatic heterocycles. The van der Waals surface area contributed by atoms with E-state index in [9.17, 15) is 22.4 Å². The SMILES string of the molecule is CC(C)(COCc1cccc(F)c1C(F)(F)F)NC(=O)O. The van der Waals surface area contributed by atoms with E-state index in [-0.39, 0.29) is 12.2 Å². The predicted molar refractivity (Wildman–Crippen MR) is 66.3 cm³/mol. The summed E-state index contributed by atoms with van der Waals surface area (Å²) in [4.78, 5) is 10.5. The maximum absolute atomic E-state index is 13.3. The summed E-state index contributed by atoms with van der Waals surface area (Å²) in [5.74, 6) is -1.37. The largest absolute Gasteiger partial charge is 0.465 e. The first-order valence-electron chi connectivity index (χ1n) is 5.96. The summed E-state index contributed by atoms with van der Waals surface area (Å²) in [7, 11) is 0. The third-order valence-electron chi connectivity index (χ3n) is 2.55.